The van der Waals surface area contributed by atoms with E-state index < -0.39 is 0 Å². The maximum Gasteiger partial charge on any atom is 0.157 e. The lowest BCUT2D eigenvalue weighted by atomic mass is 10.0. The first-order valence-corrected chi connectivity index (χ1v) is 9.34. The number of hydrogen-bond donors (Lipinski definition) is 2. The third-order valence-electron chi connectivity index (χ3n) is 5.50. The van der Waals surface area contributed by atoms with E-state index in [1.165, 1.54) is 27.6 Å². The summed E-state index contributed by atoms with van der Waals surface area (Å²) in [5.74, 6) is 1.00. The summed E-state index contributed by atoms with van der Waals surface area (Å²) >= 11 is 0. The molecule has 0 fully saturated rings. The summed E-state index contributed by atoms with van der Waals surface area (Å²) in [6.07, 6.45) is 3.14. The number of benzene rings is 2. The first-order valence-electron chi connectivity index (χ1n) is 9.34. The van der Waals surface area contributed by atoms with Crippen LogP contribution in [0, 0.1) is 13.8 Å². The second-order valence-corrected chi connectivity index (χ2v) is 7.14. The molecule has 0 spiro atoms. The van der Waals surface area contributed by atoms with E-state index in [-0.39, 0.29) is 0 Å². The standard InChI is InChI=1S/C22H26N4/c1-14-11-12-17-16(8-6-7-13-23)21(25-20(17)15(14)2)22-24-18-9-4-5-10-19(18)26(22)3/h4-5,9-12,25H,6-8,13,23H2,1-3H3. The lowest BCUT2D eigenvalue weighted by molar-refractivity contribution is 0.747. The number of nitrogens with one attached hydrogen (secondary N) is 1. The number of H-pyrrole nitrogens is 1. The van der Waals surface area contributed by atoms with Crippen LogP contribution in [0.15, 0.2) is 36.4 Å². The molecule has 4 rings (SSSR count). The SMILES string of the molecule is Cc1ccc2c(CCCCN)c(-c3nc4ccccc4n3C)[nH]c2c1C. The number of nitrogens with zero attached hydrogens (tertiary/aromatic N) is 2. The van der Waals surface area contributed by atoms with Crippen LogP contribution in [-0.2, 0) is 13.5 Å². The quantitative estimate of drug-likeness (QED) is 0.518. The Balaban J connectivity index is 1.96. The summed E-state index contributed by atoms with van der Waals surface area (Å²) in [4.78, 5) is 8.63. The topological polar surface area (TPSA) is 59.6 Å². The number of aromatic amines is 1. The smallest absolute Gasteiger partial charge is 0.157 e. The molecular weight excluding hydrogens is 320 g/mol. The average molecular weight is 346 g/mol. The van der Waals surface area contributed by atoms with Crippen LogP contribution in [0.25, 0.3) is 33.5 Å². The Bertz CT molecular complexity index is 1080. The summed E-state index contributed by atoms with van der Waals surface area (Å²) in [6.45, 7) is 5.09. The van der Waals surface area contributed by atoms with Gasteiger partial charge in [0.25, 0.3) is 0 Å². The van der Waals surface area contributed by atoms with Gasteiger partial charge in [-0.2, -0.15) is 0 Å². The van der Waals surface area contributed by atoms with Crippen LogP contribution >= 0.6 is 0 Å². The fourth-order valence-electron chi connectivity index (χ4n) is 3.83. The molecule has 0 aliphatic rings. The van der Waals surface area contributed by atoms with Gasteiger partial charge >= 0.3 is 0 Å². The predicted octanol–water partition coefficient (Wildman–Crippen LogP) is 4.62. The number of unbranched alkanes of at least 4 members (excludes halogenated alkanes) is 1. The van der Waals surface area contributed by atoms with Crippen molar-refractivity contribution in [3.63, 3.8) is 0 Å². The van der Waals surface area contributed by atoms with Gasteiger partial charge in [-0.15, -0.1) is 0 Å². The number of nitrogens with two attached hydrogens (primary N) is 1. The molecule has 2 aromatic carbocycles. The number of aromatic nitrogens is 3. The highest BCUT2D eigenvalue weighted by Crippen LogP contribution is 2.34. The Morgan fingerprint density at radius 2 is 1.88 bits per heavy atom. The Morgan fingerprint density at radius 1 is 1.08 bits per heavy atom. The normalized spacial score (nSPS) is 11.7. The van der Waals surface area contributed by atoms with Crippen molar-refractivity contribution in [3.05, 3.63) is 53.1 Å². The molecule has 0 bridgehead atoms. The molecule has 134 valence electrons. The zero-order chi connectivity index (χ0) is 18.3. The van der Waals surface area contributed by atoms with Crippen LogP contribution in [0.4, 0.5) is 0 Å². The molecule has 2 heterocycles. The van der Waals surface area contributed by atoms with Crippen molar-refractivity contribution in [2.75, 3.05) is 6.54 Å². The van der Waals surface area contributed by atoms with Gasteiger partial charge in [-0.3, -0.25) is 0 Å². The number of imidazole rings is 1. The molecule has 3 N–H and O–H groups in total. The summed E-state index contributed by atoms with van der Waals surface area (Å²) in [5.41, 5.74) is 14.3. The van der Waals surface area contributed by atoms with Gasteiger partial charge in [0.1, 0.15) is 0 Å². The molecular formula is C22H26N4. The molecule has 4 aromatic rings. The van der Waals surface area contributed by atoms with Crippen LogP contribution in [-0.4, -0.2) is 21.1 Å². The van der Waals surface area contributed by atoms with Crippen molar-refractivity contribution in [1.82, 2.24) is 14.5 Å². The van der Waals surface area contributed by atoms with E-state index in [4.69, 9.17) is 10.7 Å². The lowest BCUT2D eigenvalue weighted by Gasteiger charge is -2.06. The number of rotatable bonds is 5. The van der Waals surface area contributed by atoms with Gasteiger partial charge < -0.3 is 15.3 Å². The molecule has 4 heteroatoms. The largest absolute Gasteiger partial charge is 0.352 e. The second kappa shape index (κ2) is 6.61. The van der Waals surface area contributed by atoms with Gasteiger partial charge in [-0.05, 0) is 68.5 Å². The summed E-state index contributed by atoms with van der Waals surface area (Å²) in [5, 5.41) is 1.31. The van der Waals surface area contributed by atoms with Gasteiger partial charge in [0, 0.05) is 18.0 Å². The van der Waals surface area contributed by atoms with Crippen LogP contribution in [0.1, 0.15) is 29.5 Å². The van der Waals surface area contributed by atoms with Crippen LogP contribution < -0.4 is 5.73 Å². The molecule has 0 unspecified atom stereocenters. The first kappa shape index (κ1) is 16.9. The van der Waals surface area contributed by atoms with E-state index in [1.54, 1.807) is 0 Å². The van der Waals surface area contributed by atoms with E-state index in [0.717, 1.165) is 48.4 Å². The third-order valence-corrected chi connectivity index (χ3v) is 5.50. The van der Waals surface area contributed by atoms with Crippen LogP contribution in [0.2, 0.25) is 0 Å². The number of hydrogen-bond acceptors (Lipinski definition) is 2. The summed E-state index contributed by atoms with van der Waals surface area (Å²) in [7, 11) is 2.10. The Kier molecular flexibility index (Phi) is 4.29. The van der Waals surface area contributed by atoms with Crippen molar-refractivity contribution < 1.29 is 0 Å². The summed E-state index contributed by atoms with van der Waals surface area (Å²) < 4.78 is 2.19. The van der Waals surface area contributed by atoms with E-state index in [9.17, 15) is 0 Å². The fraction of sp³-hybridized carbons (Fsp3) is 0.318. The van der Waals surface area contributed by atoms with Crippen molar-refractivity contribution in [2.24, 2.45) is 12.8 Å². The third kappa shape index (κ3) is 2.61. The van der Waals surface area contributed by atoms with Crippen molar-refractivity contribution in [1.29, 1.82) is 0 Å². The molecule has 0 amide bonds. The molecule has 0 aliphatic heterocycles. The maximum atomic E-state index is 5.72. The van der Waals surface area contributed by atoms with Gasteiger partial charge in [0.05, 0.1) is 16.7 Å². The molecule has 2 aromatic heterocycles. The van der Waals surface area contributed by atoms with Crippen LogP contribution in [0.5, 0.6) is 0 Å². The van der Waals surface area contributed by atoms with Crippen molar-refractivity contribution in [2.45, 2.75) is 33.1 Å². The molecule has 0 saturated heterocycles. The highest BCUT2D eigenvalue weighted by molar-refractivity contribution is 5.93. The van der Waals surface area contributed by atoms with Crippen molar-refractivity contribution >= 4 is 21.9 Å². The zero-order valence-electron chi connectivity index (χ0n) is 15.8. The molecule has 0 aliphatic carbocycles. The molecule has 4 nitrogen and oxygen atoms in total. The van der Waals surface area contributed by atoms with Gasteiger partial charge in [-0.25, -0.2) is 4.98 Å². The highest BCUT2D eigenvalue weighted by atomic mass is 15.1. The lowest BCUT2D eigenvalue weighted by Crippen LogP contribution is -2.00. The van der Waals surface area contributed by atoms with E-state index in [2.05, 4.69) is 60.8 Å². The zero-order valence-corrected chi connectivity index (χ0v) is 15.8. The first-order chi connectivity index (χ1) is 12.6. The van der Waals surface area contributed by atoms with Gasteiger partial charge in [-0.1, -0.05) is 24.3 Å². The maximum absolute atomic E-state index is 5.72. The Morgan fingerprint density at radius 3 is 2.65 bits per heavy atom. The van der Waals surface area contributed by atoms with Gasteiger partial charge in [0.2, 0.25) is 0 Å². The fourth-order valence-corrected chi connectivity index (χ4v) is 3.83. The minimum absolute atomic E-state index is 0.738. The van der Waals surface area contributed by atoms with E-state index >= 15 is 0 Å². The van der Waals surface area contributed by atoms with Crippen LogP contribution in [0.3, 0.4) is 0 Å². The van der Waals surface area contributed by atoms with E-state index in [0.29, 0.717) is 0 Å². The minimum atomic E-state index is 0.738. The highest BCUT2D eigenvalue weighted by Gasteiger charge is 2.19. The molecule has 0 atom stereocenters. The monoisotopic (exact) mass is 346 g/mol. The Labute approximate surface area is 154 Å². The molecule has 0 saturated carbocycles. The average Bonchev–Trinajstić information content (AvgIpc) is 3.17. The number of fused-ring (bicyclic) bond motifs is 2. The number of para-hydroxylation sites is 2. The molecule has 0 radical (unpaired) electrons. The van der Waals surface area contributed by atoms with Crippen molar-refractivity contribution in [3.8, 4) is 11.5 Å². The minimum Gasteiger partial charge on any atom is -0.352 e. The molecule has 26 heavy (non-hydrogen) atoms. The number of aryl methyl sites for hydroxylation is 4. The predicted molar refractivity (Wildman–Crippen MR) is 109 cm³/mol. The van der Waals surface area contributed by atoms with E-state index in [1.807, 2.05) is 6.07 Å². The summed E-state index contributed by atoms with van der Waals surface area (Å²) in [6, 6.07) is 12.8. The Hall–Kier alpha value is -2.59. The van der Waals surface area contributed by atoms with Gasteiger partial charge in [0.15, 0.2) is 5.82 Å². The second-order valence-electron chi connectivity index (χ2n) is 7.14.